The summed E-state index contributed by atoms with van der Waals surface area (Å²) in [7, 11) is -3.18. The molecule has 4 nitrogen and oxygen atoms in total. The van der Waals surface area contributed by atoms with Crippen LogP contribution in [-0.4, -0.2) is 20.2 Å². The second-order valence-corrected chi connectivity index (χ2v) is 6.39. The number of nitriles is 1. The highest BCUT2D eigenvalue weighted by Crippen LogP contribution is 2.14. The minimum atomic E-state index is -3.18. The predicted octanol–water partition coefficient (Wildman–Crippen LogP) is 1.13. The molecule has 0 aliphatic carbocycles. The van der Waals surface area contributed by atoms with Gasteiger partial charge in [-0.25, -0.2) is 8.42 Å². The van der Waals surface area contributed by atoms with Crippen LogP contribution in [0, 0.1) is 18.3 Å². The summed E-state index contributed by atoms with van der Waals surface area (Å²) in [6, 6.07) is 6.67. The zero-order valence-corrected chi connectivity index (χ0v) is 10.8. The first-order chi connectivity index (χ1) is 7.84. The molecule has 17 heavy (non-hydrogen) atoms. The van der Waals surface area contributed by atoms with Gasteiger partial charge in [-0.2, -0.15) is 5.26 Å². The SMILES string of the molecule is Cc1cc(C#N)ccc1CS(=O)(=O)CC(C)N. The lowest BCUT2D eigenvalue weighted by Gasteiger charge is -2.09. The molecule has 0 heterocycles. The summed E-state index contributed by atoms with van der Waals surface area (Å²) < 4.78 is 23.5. The number of sulfone groups is 1. The molecule has 0 radical (unpaired) electrons. The van der Waals surface area contributed by atoms with Crippen molar-refractivity contribution in [2.24, 2.45) is 5.73 Å². The van der Waals surface area contributed by atoms with Gasteiger partial charge in [-0.3, -0.25) is 0 Å². The third-order valence-electron chi connectivity index (χ3n) is 2.36. The highest BCUT2D eigenvalue weighted by molar-refractivity contribution is 7.90. The summed E-state index contributed by atoms with van der Waals surface area (Å²) in [5, 5.41) is 8.72. The summed E-state index contributed by atoms with van der Waals surface area (Å²) in [6.07, 6.45) is 0. The number of rotatable bonds is 4. The van der Waals surface area contributed by atoms with Crippen molar-refractivity contribution in [3.05, 3.63) is 34.9 Å². The van der Waals surface area contributed by atoms with Gasteiger partial charge in [-0.05, 0) is 37.1 Å². The lowest BCUT2D eigenvalue weighted by atomic mass is 10.1. The number of nitrogens with two attached hydrogens (primary N) is 1. The third kappa shape index (κ3) is 4.17. The number of aryl methyl sites for hydroxylation is 1. The van der Waals surface area contributed by atoms with Crippen molar-refractivity contribution in [2.45, 2.75) is 25.6 Å². The molecule has 0 spiro atoms. The molecule has 92 valence electrons. The van der Waals surface area contributed by atoms with Crippen LogP contribution in [0.1, 0.15) is 23.6 Å². The second kappa shape index (κ2) is 5.30. The average molecular weight is 252 g/mol. The van der Waals surface area contributed by atoms with Crippen LogP contribution in [0.3, 0.4) is 0 Å². The van der Waals surface area contributed by atoms with E-state index in [2.05, 4.69) is 0 Å². The van der Waals surface area contributed by atoms with E-state index in [0.29, 0.717) is 5.56 Å². The summed E-state index contributed by atoms with van der Waals surface area (Å²) in [6.45, 7) is 3.47. The molecule has 0 bridgehead atoms. The van der Waals surface area contributed by atoms with Crippen molar-refractivity contribution in [3.63, 3.8) is 0 Å². The maximum absolute atomic E-state index is 11.8. The van der Waals surface area contributed by atoms with Crippen LogP contribution in [0.5, 0.6) is 0 Å². The van der Waals surface area contributed by atoms with E-state index in [-0.39, 0.29) is 17.5 Å². The Morgan fingerprint density at radius 2 is 2.12 bits per heavy atom. The molecular weight excluding hydrogens is 236 g/mol. The van der Waals surface area contributed by atoms with Gasteiger partial charge in [0.25, 0.3) is 0 Å². The fourth-order valence-corrected chi connectivity index (χ4v) is 3.34. The van der Waals surface area contributed by atoms with Crippen molar-refractivity contribution in [1.29, 1.82) is 5.26 Å². The van der Waals surface area contributed by atoms with Crippen LogP contribution in [0.2, 0.25) is 0 Å². The van der Waals surface area contributed by atoms with Gasteiger partial charge in [-0.1, -0.05) is 6.07 Å². The highest BCUT2D eigenvalue weighted by atomic mass is 32.2. The van der Waals surface area contributed by atoms with Gasteiger partial charge in [0.15, 0.2) is 9.84 Å². The average Bonchev–Trinajstić information content (AvgIpc) is 2.18. The Balaban J connectivity index is 2.94. The van der Waals surface area contributed by atoms with Crippen LogP contribution in [0.4, 0.5) is 0 Å². The number of hydrogen-bond donors (Lipinski definition) is 1. The summed E-state index contributed by atoms with van der Waals surface area (Å²) in [5.41, 5.74) is 7.57. The van der Waals surface area contributed by atoms with Crippen molar-refractivity contribution < 1.29 is 8.42 Å². The highest BCUT2D eigenvalue weighted by Gasteiger charge is 2.15. The van der Waals surface area contributed by atoms with Gasteiger partial charge in [0, 0.05) is 6.04 Å². The largest absolute Gasteiger partial charge is 0.327 e. The molecule has 1 atom stereocenters. The lowest BCUT2D eigenvalue weighted by molar-refractivity contribution is 0.589. The molecule has 1 aromatic rings. The van der Waals surface area contributed by atoms with Gasteiger partial charge in [0.1, 0.15) is 0 Å². The standard InChI is InChI=1S/C12H16N2O2S/c1-9-5-11(6-13)3-4-12(9)8-17(15,16)7-10(2)14/h3-5,10H,7-8,14H2,1-2H3. The monoisotopic (exact) mass is 252 g/mol. The fraction of sp³-hybridized carbons (Fsp3) is 0.417. The Labute approximate surface area is 102 Å². The zero-order chi connectivity index (χ0) is 13.1. The van der Waals surface area contributed by atoms with E-state index in [1.807, 2.05) is 6.07 Å². The molecular formula is C12H16N2O2S. The molecule has 0 fully saturated rings. The summed E-state index contributed by atoms with van der Waals surface area (Å²) in [5.74, 6) is -0.0431. The van der Waals surface area contributed by atoms with Gasteiger partial charge in [0.2, 0.25) is 0 Å². The predicted molar refractivity (Wildman–Crippen MR) is 67.0 cm³/mol. The van der Waals surface area contributed by atoms with Crippen molar-refractivity contribution in [1.82, 2.24) is 0 Å². The minimum Gasteiger partial charge on any atom is -0.327 e. The molecule has 1 unspecified atom stereocenters. The third-order valence-corrected chi connectivity index (χ3v) is 4.15. The first-order valence-electron chi connectivity index (χ1n) is 5.29. The Morgan fingerprint density at radius 3 is 2.59 bits per heavy atom. The van der Waals surface area contributed by atoms with Crippen LogP contribution >= 0.6 is 0 Å². The smallest absolute Gasteiger partial charge is 0.155 e. The molecule has 0 aliphatic rings. The first-order valence-corrected chi connectivity index (χ1v) is 7.12. The van der Waals surface area contributed by atoms with Crippen LogP contribution in [-0.2, 0) is 15.6 Å². The Bertz CT molecular complexity index is 542. The molecule has 5 heteroatoms. The van der Waals surface area contributed by atoms with Crippen LogP contribution in [0.15, 0.2) is 18.2 Å². The van der Waals surface area contributed by atoms with Gasteiger partial charge in [-0.15, -0.1) is 0 Å². The Hall–Kier alpha value is -1.38. The van der Waals surface area contributed by atoms with Crippen molar-refractivity contribution in [2.75, 3.05) is 5.75 Å². The summed E-state index contributed by atoms with van der Waals surface area (Å²) >= 11 is 0. The van der Waals surface area contributed by atoms with Gasteiger partial charge < -0.3 is 5.73 Å². The fourth-order valence-electron chi connectivity index (χ4n) is 1.62. The van der Waals surface area contributed by atoms with E-state index in [1.165, 1.54) is 0 Å². The van der Waals surface area contributed by atoms with E-state index >= 15 is 0 Å². The molecule has 0 saturated heterocycles. The molecule has 0 saturated carbocycles. The van der Waals surface area contributed by atoms with Crippen molar-refractivity contribution >= 4 is 9.84 Å². The normalized spacial score (nSPS) is 13.1. The van der Waals surface area contributed by atoms with Crippen LogP contribution < -0.4 is 5.73 Å². The lowest BCUT2D eigenvalue weighted by Crippen LogP contribution is -2.27. The van der Waals surface area contributed by atoms with E-state index < -0.39 is 9.84 Å². The molecule has 0 aliphatic heterocycles. The van der Waals surface area contributed by atoms with E-state index in [0.717, 1.165) is 11.1 Å². The minimum absolute atomic E-state index is 0.0214. The van der Waals surface area contributed by atoms with Crippen molar-refractivity contribution in [3.8, 4) is 6.07 Å². The van der Waals surface area contributed by atoms with Gasteiger partial charge in [0.05, 0.1) is 23.1 Å². The van der Waals surface area contributed by atoms with E-state index in [4.69, 9.17) is 11.0 Å². The molecule has 0 aromatic heterocycles. The Morgan fingerprint density at radius 1 is 1.47 bits per heavy atom. The second-order valence-electron chi connectivity index (χ2n) is 4.28. The quantitative estimate of drug-likeness (QED) is 0.870. The topological polar surface area (TPSA) is 84.0 Å². The molecule has 1 rings (SSSR count). The molecule has 0 amide bonds. The number of hydrogen-bond acceptors (Lipinski definition) is 4. The Kier molecular flexibility index (Phi) is 4.27. The van der Waals surface area contributed by atoms with E-state index in [1.54, 1.807) is 32.0 Å². The maximum Gasteiger partial charge on any atom is 0.155 e. The maximum atomic E-state index is 11.8. The number of nitrogens with zero attached hydrogens (tertiary/aromatic N) is 1. The van der Waals surface area contributed by atoms with Crippen LogP contribution in [0.25, 0.3) is 0 Å². The summed E-state index contributed by atoms with van der Waals surface area (Å²) in [4.78, 5) is 0. The molecule has 2 N–H and O–H groups in total. The molecule has 1 aromatic carbocycles. The zero-order valence-electron chi connectivity index (χ0n) is 9.97. The van der Waals surface area contributed by atoms with Gasteiger partial charge >= 0.3 is 0 Å². The number of benzene rings is 1. The van der Waals surface area contributed by atoms with E-state index in [9.17, 15) is 8.42 Å². The first kappa shape index (κ1) is 13.7.